The molecule has 4 aromatic carbocycles. The van der Waals surface area contributed by atoms with Crippen LogP contribution in [0.4, 0.5) is 27.5 Å². The fraction of sp³-hybridized carbons (Fsp3) is 0.326. The molecule has 0 saturated heterocycles. The lowest BCUT2D eigenvalue weighted by Gasteiger charge is -2.13. The van der Waals surface area contributed by atoms with Gasteiger partial charge in [0.25, 0.3) is 0 Å². The molecule has 8 N–H and O–H groups in total. The van der Waals surface area contributed by atoms with Crippen molar-refractivity contribution in [1.29, 1.82) is 0 Å². The van der Waals surface area contributed by atoms with Crippen LogP contribution in [0.25, 0.3) is 0 Å². The van der Waals surface area contributed by atoms with E-state index in [0.717, 1.165) is 41.0 Å². The fourth-order valence-corrected chi connectivity index (χ4v) is 6.75. The van der Waals surface area contributed by atoms with Gasteiger partial charge in [-0.1, -0.05) is 41.3 Å². The molecule has 354 valence electrons. The van der Waals surface area contributed by atoms with Crippen molar-refractivity contribution in [3.8, 4) is 23.8 Å². The van der Waals surface area contributed by atoms with Crippen LogP contribution in [0, 0.1) is 40.0 Å². The number of nitrogens with zero attached hydrogens (tertiary/aromatic N) is 1. The predicted octanol–water partition coefficient (Wildman–Crippen LogP) is 4.84. The summed E-state index contributed by atoms with van der Waals surface area (Å²) in [5, 5.41) is 6.85. The number of unbranched alkanes of at least 4 members (excludes halogenated alkanes) is 2. The highest BCUT2D eigenvalue weighted by Gasteiger charge is 2.15. The maximum atomic E-state index is 12.3. The van der Waals surface area contributed by atoms with Crippen molar-refractivity contribution in [2.45, 2.75) is 53.4 Å². The Hall–Kier alpha value is -7.50. The Kier molecular flexibility index (Phi) is 22.1. The quantitative estimate of drug-likeness (QED) is 0.0184. The van der Waals surface area contributed by atoms with Crippen molar-refractivity contribution in [3.63, 3.8) is 0 Å². The second kappa shape index (κ2) is 27.6. The van der Waals surface area contributed by atoms with E-state index >= 15 is 0 Å². The Morgan fingerprint density at radius 1 is 0.636 bits per heavy atom. The molecule has 0 aliphatic carbocycles. The molecule has 0 saturated carbocycles. The molecule has 0 unspecified atom stereocenters. The number of hydrogen-bond donors (Lipinski definition) is 8. The van der Waals surface area contributed by atoms with Crippen molar-refractivity contribution in [3.05, 3.63) is 107 Å². The molecule has 0 aliphatic heterocycles. The number of ether oxygens (including phenoxy) is 3. The smallest absolute Gasteiger partial charge is 0.399 e. The van der Waals surface area contributed by atoms with Crippen LogP contribution in [-0.2, 0) is 33.9 Å². The molecule has 5 amide bonds. The number of sulfonamides is 1. The first kappa shape index (κ1) is 52.8. The summed E-state index contributed by atoms with van der Waals surface area (Å²) < 4.78 is 43.2. The van der Waals surface area contributed by atoms with Crippen molar-refractivity contribution in [1.82, 2.24) is 26.6 Å². The molecule has 0 aliphatic rings. The minimum atomic E-state index is -3.51. The summed E-state index contributed by atoms with van der Waals surface area (Å²) in [6.45, 7) is 9.32. The van der Waals surface area contributed by atoms with Crippen LogP contribution in [0.3, 0.4) is 0 Å². The first-order chi connectivity index (χ1) is 31.4. The first-order valence-electron chi connectivity index (χ1n) is 20.8. The monoisotopic (exact) mass is 929 g/mol. The molecule has 0 heterocycles. The summed E-state index contributed by atoms with van der Waals surface area (Å²) in [6.07, 6.45) is 7.62. The maximum absolute atomic E-state index is 12.3. The minimum Gasteiger partial charge on any atom is -0.493 e. The number of carbonyl (C=O) groups is 5. The van der Waals surface area contributed by atoms with Gasteiger partial charge in [0.15, 0.2) is 6.61 Å². The summed E-state index contributed by atoms with van der Waals surface area (Å²) in [7, 11) is -0.345. The van der Waals surface area contributed by atoms with Crippen molar-refractivity contribution < 1.29 is 46.6 Å². The molecule has 20 heteroatoms. The second-order valence-electron chi connectivity index (χ2n) is 14.9. The number of esters is 1. The number of terminal acetylenes is 1. The number of rotatable bonds is 21. The summed E-state index contributed by atoms with van der Waals surface area (Å²) >= 11 is 0. The third-order valence-corrected chi connectivity index (χ3v) is 10.2. The van der Waals surface area contributed by atoms with Gasteiger partial charge in [-0.3, -0.25) is 46.2 Å². The summed E-state index contributed by atoms with van der Waals surface area (Å²) in [4.78, 5) is 58.0. The Labute approximate surface area is 386 Å². The first-order valence-corrected chi connectivity index (χ1v) is 22.5. The molecule has 0 fully saturated rings. The highest BCUT2D eigenvalue weighted by Crippen LogP contribution is 2.21. The number of urea groups is 1. The molecule has 66 heavy (non-hydrogen) atoms. The molecule has 19 nitrogen and oxygen atoms in total. The maximum Gasteiger partial charge on any atom is 0.399 e. The summed E-state index contributed by atoms with van der Waals surface area (Å²) in [5.74, 6) is -0.00362. The minimum absolute atomic E-state index is 0.0275. The van der Waals surface area contributed by atoms with Crippen LogP contribution in [0.2, 0.25) is 0 Å². The van der Waals surface area contributed by atoms with Gasteiger partial charge in [-0.25, -0.2) is 23.0 Å². The van der Waals surface area contributed by atoms with Crippen LogP contribution in [0.5, 0.6) is 11.5 Å². The van der Waals surface area contributed by atoms with Crippen molar-refractivity contribution in [2.24, 2.45) is 0 Å². The highest BCUT2D eigenvalue weighted by molar-refractivity contribution is 7.92. The van der Waals surface area contributed by atoms with E-state index in [-0.39, 0.29) is 18.4 Å². The molecule has 4 aromatic rings. The molecule has 0 atom stereocenters. The van der Waals surface area contributed by atoms with Gasteiger partial charge in [-0.2, -0.15) is 0 Å². The zero-order chi connectivity index (χ0) is 48.5. The molecule has 0 radical (unpaired) electrons. The number of nitrogens with one attached hydrogen (secondary N) is 8. The summed E-state index contributed by atoms with van der Waals surface area (Å²) in [6, 6.07) is 24.5. The normalized spacial score (nSPS) is 10.5. The van der Waals surface area contributed by atoms with E-state index in [1.807, 2.05) is 58.0 Å². The van der Waals surface area contributed by atoms with Gasteiger partial charge in [-0.05, 0) is 125 Å². The number of hydrogen-bond acceptors (Lipinski definition) is 13. The average molecular weight is 930 g/mol. The lowest BCUT2D eigenvalue weighted by Crippen LogP contribution is -2.47. The number of benzene rings is 4. The lowest BCUT2D eigenvalue weighted by molar-refractivity contribution is -0.153. The van der Waals surface area contributed by atoms with Crippen LogP contribution in [-0.4, -0.2) is 89.4 Å². The third kappa shape index (κ3) is 20.8. The second-order valence-corrected chi connectivity index (χ2v) is 16.7. The van der Waals surface area contributed by atoms with Gasteiger partial charge >= 0.3 is 29.7 Å². The van der Waals surface area contributed by atoms with Gasteiger partial charge in [-0.15, -0.1) is 6.42 Å². The average Bonchev–Trinajstić information content (AvgIpc) is 3.27. The van der Waals surface area contributed by atoms with E-state index in [4.69, 9.17) is 15.9 Å². The molecule has 0 spiro atoms. The lowest BCUT2D eigenvalue weighted by atomic mass is 10.1. The number of carbonyl (C=O) groups excluding carboxylic acids is 5. The van der Waals surface area contributed by atoms with E-state index in [9.17, 15) is 32.4 Å². The zero-order valence-corrected chi connectivity index (χ0v) is 38.8. The zero-order valence-electron chi connectivity index (χ0n) is 38.0. The molecule has 4 rings (SSSR count). The van der Waals surface area contributed by atoms with Gasteiger partial charge in [0.1, 0.15) is 11.5 Å². The largest absolute Gasteiger partial charge is 0.493 e. The summed E-state index contributed by atoms with van der Waals surface area (Å²) in [5.41, 5.74) is 18.4. The van der Waals surface area contributed by atoms with E-state index in [1.54, 1.807) is 62.6 Å². The van der Waals surface area contributed by atoms with E-state index in [1.165, 1.54) is 10.6 Å². The SMILES string of the molecule is C#CCOC(=O)C(=O)NNc1ccc(NC(=O)NCCCCOc2ccc(C)cc2C)cc1.Cc1ccc(OCCCCS(=O)(=O)Nc2ccc(NNC(=O)C(=O)NN(C)C)cc2)c(C)c1. The number of amides is 5. The number of hydrazine groups is 3. The Morgan fingerprint density at radius 2 is 1.14 bits per heavy atom. The van der Waals surface area contributed by atoms with Gasteiger partial charge in [0, 0.05) is 32.0 Å². The molecular formula is C46H59N9O10S. The van der Waals surface area contributed by atoms with Gasteiger partial charge in [0.2, 0.25) is 10.0 Å². The molecular weight excluding hydrogens is 871 g/mol. The number of anilines is 4. The van der Waals surface area contributed by atoms with Gasteiger partial charge < -0.3 is 24.8 Å². The Morgan fingerprint density at radius 3 is 1.65 bits per heavy atom. The van der Waals surface area contributed by atoms with Crippen molar-refractivity contribution >= 4 is 62.5 Å². The highest BCUT2D eigenvalue weighted by atomic mass is 32.2. The molecule has 0 bridgehead atoms. The number of aryl methyl sites for hydroxylation is 4. The predicted molar refractivity (Wildman–Crippen MR) is 254 cm³/mol. The Balaban J connectivity index is 0.000000350. The van der Waals surface area contributed by atoms with Crippen LogP contribution in [0.1, 0.15) is 47.9 Å². The van der Waals surface area contributed by atoms with E-state index in [0.29, 0.717) is 55.3 Å². The van der Waals surface area contributed by atoms with Crippen LogP contribution >= 0.6 is 0 Å². The third-order valence-electron chi connectivity index (χ3n) is 8.79. The standard InChI is InChI=1S/C24H28N4O5.C22H31N5O5S/c1-4-14-33-23(30)22(29)28-27-20-10-8-19(9-11-20)26-24(31)25-13-5-6-15-32-21-12-7-17(2)16-18(21)3;1-16-7-12-20(17(2)15-16)32-13-5-6-14-33(30,31)26-19-10-8-18(9-11-19)23-24-21(28)22(29)25-27(3)4/h1,7-12,16,27H,5-6,13-15H2,2-3H3,(H,28,29)(H2,25,26,31);7-12,15,23,26H,5-6,13-14H2,1-4H3,(H,24,28)(H,25,29). The van der Waals surface area contributed by atoms with Crippen molar-refractivity contribution in [2.75, 3.05) is 67.1 Å². The van der Waals surface area contributed by atoms with Gasteiger partial charge in [0.05, 0.1) is 30.3 Å². The fourth-order valence-electron chi connectivity index (χ4n) is 5.57. The topological polar surface area (TPSA) is 247 Å². The van der Waals surface area contributed by atoms with Crippen LogP contribution < -0.4 is 52.0 Å². The molecule has 0 aromatic heterocycles. The Bertz CT molecular complexity index is 2390. The van der Waals surface area contributed by atoms with E-state index in [2.05, 4.69) is 59.2 Å². The van der Waals surface area contributed by atoms with E-state index < -0.39 is 33.7 Å². The van der Waals surface area contributed by atoms with Crippen LogP contribution in [0.15, 0.2) is 84.9 Å².